The summed E-state index contributed by atoms with van der Waals surface area (Å²) in [6.07, 6.45) is 3.56. The summed E-state index contributed by atoms with van der Waals surface area (Å²) in [7, 11) is 1.80. The molecule has 27 heavy (non-hydrogen) atoms. The summed E-state index contributed by atoms with van der Waals surface area (Å²) >= 11 is 6.01. The van der Waals surface area contributed by atoms with Gasteiger partial charge in [0.25, 0.3) is 5.89 Å². The summed E-state index contributed by atoms with van der Waals surface area (Å²) in [5, 5.41) is 15.8. The lowest BCUT2D eigenvalue weighted by Crippen LogP contribution is -2.38. The zero-order chi connectivity index (χ0) is 19.0. The van der Waals surface area contributed by atoms with E-state index in [-0.39, 0.29) is 11.9 Å². The Kier molecular flexibility index (Phi) is 4.47. The number of halogens is 1. The fraction of sp³-hybridized carbons (Fsp3) is 0.368. The van der Waals surface area contributed by atoms with Gasteiger partial charge in [0, 0.05) is 12.1 Å². The highest BCUT2D eigenvalue weighted by Crippen LogP contribution is 2.42. The van der Waals surface area contributed by atoms with E-state index < -0.39 is 5.41 Å². The van der Waals surface area contributed by atoms with Gasteiger partial charge in [-0.2, -0.15) is 5.10 Å². The van der Waals surface area contributed by atoms with E-state index in [1.807, 2.05) is 37.3 Å². The van der Waals surface area contributed by atoms with Gasteiger partial charge in [-0.1, -0.05) is 41.7 Å². The van der Waals surface area contributed by atoms with Crippen LogP contribution in [0.4, 0.5) is 6.01 Å². The first kappa shape index (κ1) is 17.7. The molecule has 0 atom stereocenters. The van der Waals surface area contributed by atoms with E-state index in [2.05, 4.69) is 20.6 Å². The van der Waals surface area contributed by atoms with Crippen LogP contribution in [0.1, 0.15) is 36.9 Å². The van der Waals surface area contributed by atoms with Crippen molar-refractivity contribution in [2.24, 2.45) is 7.05 Å². The summed E-state index contributed by atoms with van der Waals surface area (Å²) in [4.78, 5) is 13.1. The van der Waals surface area contributed by atoms with Crippen molar-refractivity contribution in [1.29, 1.82) is 0 Å². The highest BCUT2D eigenvalue weighted by atomic mass is 35.5. The molecule has 0 unspecified atom stereocenters. The number of amides is 1. The molecule has 0 aliphatic heterocycles. The van der Waals surface area contributed by atoms with E-state index >= 15 is 0 Å². The number of anilines is 1. The van der Waals surface area contributed by atoms with E-state index in [1.165, 1.54) is 0 Å². The molecule has 1 fully saturated rings. The molecule has 0 saturated heterocycles. The molecule has 0 spiro atoms. The van der Waals surface area contributed by atoms with Crippen LogP contribution in [0.25, 0.3) is 11.6 Å². The number of hydrogen-bond acceptors (Lipinski definition) is 5. The lowest BCUT2D eigenvalue weighted by Gasteiger charge is -2.27. The van der Waals surface area contributed by atoms with Crippen LogP contribution in [0.5, 0.6) is 0 Å². The Bertz CT molecular complexity index is 970. The molecular weight excluding hydrogens is 366 g/mol. The van der Waals surface area contributed by atoms with Gasteiger partial charge in [-0.05, 0) is 43.5 Å². The Morgan fingerprint density at radius 2 is 1.93 bits per heavy atom. The van der Waals surface area contributed by atoms with Gasteiger partial charge in [-0.15, -0.1) is 5.10 Å². The predicted molar refractivity (Wildman–Crippen MR) is 101 cm³/mol. The number of aromatic nitrogens is 4. The molecule has 3 aromatic rings. The van der Waals surface area contributed by atoms with Crippen molar-refractivity contribution in [2.45, 2.75) is 38.0 Å². The molecule has 1 aliphatic rings. The number of carbonyl (C=O) groups is 1. The van der Waals surface area contributed by atoms with Crippen LogP contribution in [-0.4, -0.2) is 25.9 Å². The predicted octanol–water partition coefficient (Wildman–Crippen LogP) is 3.88. The summed E-state index contributed by atoms with van der Waals surface area (Å²) in [6.45, 7) is 1.89. The highest BCUT2D eigenvalue weighted by Gasteiger charge is 2.43. The third kappa shape index (κ3) is 3.23. The second kappa shape index (κ2) is 6.81. The minimum atomic E-state index is -0.595. The molecule has 0 radical (unpaired) electrons. The SMILES string of the molecule is Cc1cc(-c2nnc(NC(=O)C3(c4ccc(Cl)cc4)CCCC3)o2)n(C)n1. The standard InChI is InChI=1S/C19H20ClN5O2/c1-12-11-15(25(2)24-12)16-22-23-18(27-16)21-17(26)19(9-3-4-10-19)13-5-7-14(20)8-6-13/h5-8,11H,3-4,9-10H2,1-2H3,(H,21,23,26). The van der Waals surface area contributed by atoms with Gasteiger partial charge in [0.05, 0.1) is 11.1 Å². The van der Waals surface area contributed by atoms with Crippen LogP contribution in [0, 0.1) is 6.92 Å². The summed E-state index contributed by atoms with van der Waals surface area (Å²) in [5.41, 5.74) is 1.92. The van der Waals surface area contributed by atoms with E-state index in [0.717, 1.165) is 36.9 Å². The average molecular weight is 386 g/mol. The first-order chi connectivity index (χ1) is 13.0. The molecule has 1 aromatic carbocycles. The van der Waals surface area contributed by atoms with E-state index in [9.17, 15) is 4.79 Å². The van der Waals surface area contributed by atoms with Gasteiger partial charge in [0.15, 0.2) is 0 Å². The molecule has 8 heteroatoms. The number of rotatable bonds is 4. The fourth-order valence-corrected chi connectivity index (χ4v) is 3.93. The number of benzene rings is 1. The van der Waals surface area contributed by atoms with Crippen molar-refractivity contribution in [3.8, 4) is 11.6 Å². The maximum atomic E-state index is 13.1. The molecule has 1 amide bonds. The molecule has 0 bridgehead atoms. The number of nitrogens with one attached hydrogen (secondary N) is 1. The monoisotopic (exact) mass is 385 g/mol. The third-order valence-electron chi connectivity index (χ3n) is 5.16. The Hall–Kier alpha value is -2.67. The summed E-state index contributed by atoms with van der Waals surface area (Å²) in [5.74, 6) is 0.194. The van der Waals surface area contributed by atoms with Crippen LogP contribution in [-0.2, 0) is 17.3 Å². The minimum absolute atomic E-state index is 0.0918. The molecule has 1 saturated carbocycles. The molecule has 2 aromatic heterocycles. The molecule has 1 N–H and O–H groups in total. The molecule has 7 nitrogen and oxygen atoms in total. The number of nitrogens with zero attached hydrogens (tertiary/aromatic N) is 4. The number of hydrogen-bond donors (Lipinski definition) is 1. The van der Waals surface area contributed by atoms with E-state index in [4.69, 9.17) is 16.0 Å². The first-order valence-electron chi connectivity index (χ1n) is 8.90. The Balaban J connectivity index is 1.59. The number of aryl methyl sites for hydroxylation is 2. The van der Waals surface area contributed by atoms with Gasteiger partial charge in [0.1, 0.15) is 5.69 Å². The normalized spacial score (nSPS) is 15.8. The molecular formula is C19H20ClN5O2. The van der Waals surface area contributed by atoms with Crippen LogP contribution in [0.15, 0.2) is 34.7 Å². The van der Waals surface area contributed by atoms with Crippen LogP contribution in [0.3, 0.4) is 0 Å². The highest BCUT2D eigenvalue weighted by molar-refractivity contribution is 6.30. The van der Waals surface area contributed by atoms with Crippen molar-refractivity contribution in [3.63, 3.8) is 0 Å². The van der Waals surface area contributed by atoms with E-state index in [1.54, 1.807) is 11.7 Å². The van der Waals surface area contributed by atoms with Crippen molar-refractivity contribution in [1.82, 2.24) is 20.0 Å². The zero-order valence-corrected chi connectivity index (χ0v) is 16.0. The van der Waals surface area contributed by atoms with Crippen LogP contribution < -0.4 is 5.32 Å². The summed E-state index contributed by atoms with van der Waals surface area (Å²) < 4.78 is 7.33. The lowest BCUT2D eigenvalue weighted by molar-refractivity contribution is -0.121. The maximum Gasteiger partial charge on any atom is 0.322 e. The third-order valence-corrected chi connectivity index (χ3v) is 5.41. The van der Waals surface area contributed by atoms with Gasteiger partial charge >= 0.3 is 6.01 Å². The first-order valence-corrected chi connectivity index (χ1v) is 9.28. The zero-order valence-electron chi connectivity index (χ0n) is 15.2. The van der Waals surface area contributed by atoms with Crippen molar-refractivity contribution in [3.05, 3.63) is 46.6 Å². The Morgan fingerprint density at radius 1 is 1.22 bits per heavy atom. The van der Waals surface area contributed by atoms with Gasteiger partial charge < -0.3 is 4.42 Å². The molecule has 140 valence electrons. The maximum absolute atomic E-state index is 13.1. The van der Waals surface area contributed by atoms with Gasteiger partial charge in [-0.3, -0.25) is 14.8 Å². The average Bonchev–Trinajstić information content (AvgIpc) is 3.36. The second-order valence-corrected chi connectivity index (χ2v) is 7.39. The van der Waals surface area contributed by atoms with Crippen molar-refractivity contribution in [2.75, 3.05) is 5.32 Å². The largest absolute Gasteiger partial charge is 0.401 e. The van der Waals surface area contributed by atoms with Gasteiger partial charge in [-0.25, -0.2) is 0 Å². The second-order valence-electron chi connectivity index (χ2n) is 6.96. The number of carbonyl (C=O) groups excluding carboxylic acids is 1. The lowest BCUT2D eigenvalue weighted by atomic mass is 9.78. The molecule has 4 rings (SSSR count). The quantitative estimate of drug-likeness (QED) is 0.736. The smallest absolute Gasteiger partial charge is 0.322 e. The van der Waals surface area contributed by atoms with Crippen LogP contribution in [0.2, 0.25) is 5.02 Å². The fourth-order valence-electron chi connectivity index (χ4n) is 3.80. The van der Waals surface area contributed by atoms with Crippen molar-refractivity contribution >= 4 is 23.5 Å². The Morgan fingerprint density at radius 3 is 2.56 bits per heavy atom. The Labute approximate surface area is 161 Å². The van der Waals surface area contributed by atoms with E-state index in [0.29, 0.717) is 16.6 Å². The topological polar surface area (TPSA) is 85.8 Å². The van der Waals surface area contributed by atoms with Gasteiger partial charge in [0.2, 0.25) is 5.91 Å². The molecule has 1 aliphatic carbocycles. The van der Waals surface area contributed by atoms with Crippen LogP contribution >= 0.6 is 11.6 Å². The van der Waals surface area contributed by atoms with Crippen molar-refractivity contribution < 1.29 is 9.21 Å². The minimum Gasteiger partial charge on any atom is -0.401 e. The summed E-state index contributed by atoms with van der Waals surface area (Å²) in [6, 6.07) is 9.43. The molecule has 2 heterocycles.